The van der Waals surface area contributed by atoms with E-state index in [1.54, 1.807) is 0 Å². The molecule has 0 amide bonds. The second kappa shape index (κ2) is 4.23. The van der Waals surface area contributed by atoms with Crippen LogP contribution < -0.4 is 5.32 Å². The number of fused-ring (bicyclic) bond motifs is 1. The molecule has 2 aromatic rings. The molecule has 0 bridgehead atoms. The lowest BCUT2D eigenvalue weighted by Crippen LogP contribution is -2.16. The van der Waals surface area contributed by atoms with Gasteiger partial charge in [-0.2, -0.15) is 0 Å². The van der Waals surface area contributed by atoms with E-state index in [0.717, 1.165) is 16.5 Å². The van der Waals surface area contributed by atoms with E-state index in [9.17, 15) is 5.11 Å². The smallest absolute Gasteiger partial charge is 0.0934 e. The second-order valence-electron chi connectivity index (χ2n) is 3.51. The minimum Gasteiger partial charge on any atom is -0.387 e. The van der Waals surface area contributed by atoms with Gasteiger partial charge in [0.25, 0.3) is 0 Å². The molecular formula is C11H13ClN2O. The fraction of sp³-hybridized carbons (Fsp3) is 0.273. The molecule has 0 fully saturated rings. The van der Waals surface area contributed by atoms with Crippen LogP contribution in [0.2, 0.25) is 5.02 Å². The minimum atomic E-state index is -0.495. The molecule has 0 saturated heterocycles. The first-order chi connectivity index (χ1) is 7.22. The molecule has 1 heterocycles. The van der Waals surface area contributed by atoms with Gasteiger partial charge in [0.2, 0.25) is 0 Å². The molecule has 0 saturated carbocycles. The van der Waals surface area contributed by atoms with Crippen molar-refractivity contribution < 1.29 is 5.11 Å². The Morgan fingerprint density at radius 3 is 3.07 bits per heavy atom. The molecule has 15 heavy (non-hydrogen) atoms. The third-order valence-corrected chi connectivity index (χ3v) is 2.67. The number of nitrogens with one attached hydrogen (secondary N) is 2. The summed E-state index contributed by atoms with van der Waals surface area (Å²) in [5.41, 5.74) is 1.85. The summed E-state index contributed by atoms with van der Waals surface area (Å²) < 4.78 is 0. The second-order valence-corrected chi connectivity index (χ2v) is 3.94. The Bertz CT molecular complexity index is 467. The normalized spacial score (nSPS) is 13.3. The molecule has 1 atom stereocenters. The van der Waals surface area contributed by atoms with Crippen molar-refractivity contribution in [2.75, 3.05) is 13.6 Å². The van der Waals surface area contributed by atoms with Crippen molar-refractivity contribution in [2.24, 2.45) is 0 Å². The van der Waals surface area contributed by atoms with Crippen LogP contribution in [0.25, 0.3) is 10.9 Å². The third kappa shape index (κ3) is 2.00. The molecular weight excluding hydrogens is 212 g/mol. The lowest BCUT2D eigenvalue weighted by molar-refractivity contribution is 0.179. The van der Waals surface area contributed by atoms with E-state index in [4.69, 9.17) is 11.6 Å². The average Bonchev–Trinajstić information content (AvgIpc) is 2.60. The molecule has 1 unspecified atom stereocenters. The quantitative estimate of drug-likeness (QED) is 0.748. The average molecular weight is 225 g/mol. The van der Waals surface area contributed by atoms with Crippen LogP contribution in [-0.2, 0) is 0 Å². The van der Waals surface area contributed by atoms with Crippen molar-refractivity contribution in [1.29, 1.82) is 0 Å². The minimum absolute atomic E-state index is 0.495. The van der Waals surface area contributed by atoms with E-state index >= 15 is 0 Å². The highest BCUT2D eigenvalue weighted by molar-refractivity contribution is 6.31. The maximum Gasteiger partial charge on any atom is 0.0934 e. The number of aliphatic hydroxyl groups excluding tert-OH is 1. The summed E-state index contributed by atoms with van der Waals surface area (Å²) >= 11 is 5.87. The van der Waals surface area contributed by atoms with Gasteiger partial charge in [0.1, 0.15) is 0 Å². The summed E-state index contributed by atoms with van der Waals surface area (Å²) in [5, 5.41) is 14.5. The van der Waals surface area contributed by atoms with Crippen molar-refractivity contribution in [3.63, 3.8) is 0 Å². The van der Waals surface area contributed by atoms with E-state index in [1.807, 2.05) is 31.4 Å². The van der Waals surface area contributed by atoms with Crippen molar-refractivity contribution in [3.05, 3.63) is 35.0 Å². The van der Waals surface area contributed by atoms with Gasteiger partial charge in [0.15, 0.2) is 0 Å². The van der Waals surface area contributed by atoms with Gasteiger partial charge < -0.3 is 15.4 Å². The van der Waals surface area contributed by atoms with Crippen LogP contribution in [0.5, 0.6) is 0 Å². The monoisotopic (exact) mass is 224 g/mol. The van der Waals surface area contributed by atoms with Gasteiger partial charge in [-0.1, -0.05) is 17.7 Å². The zero-order valence-electron chi connectivity index (χ0n) is 8.42. The molecule has 0 radical (unpaired) electrons. The number of aromatic nitrogens is 1. The number of rotatable bonds is 3. The molecule has 0 aliphatic heterocycles. The first-order valence-corrected chi connectivity index (χ1v) is 5.19. The molecule has 2 rings (SSSR count). The Morgan fingerprint density at radius 2 is 2.33 bits per heavy atom. The van der Waals surface area contributed by atoms with Gasteiger partial charge in [-0.15, -0.1) is 0 Å². The molecule has 4 heteroatoms. The molecule has 80 valence electrons. The fourth-order valence-corrected chi connectivity index (χ4v) is 1.87. The highest BCUT2D eigenvalue weighted by atomic mass is 35.5. The van der Waals surface area contributed by atoms with Crippen LogP contribution >= 0.6 is 11.6 Å². The lowest BCUT2D eigenvalue weighted by atomic mass is 10.1. The lowest BCUT2D eigenvalue weighted by Gasteiger charge is -2.08. The predicted octanol–water partition coefficient (Wildman–Crippen LogP) is 2.07. The number of aliphatic hydroxyl groups is 1. The van der Waals surface area contributed by atoms with E-state index in [1.165, 1.54) is 0 Å². The molecule has 3 N–H and O–H groups in total. The Kier molecular flexibility index (Phi) is 2.95. The van der Waals surface area contributed by atoms with Gasteiger partial charge in [0, 0.05) is 34.2 Å². The number of hydrogen-bond donors (Lipinski definition) is 3. The van der Waals surface area contributed by atoms with Crippen molar-refractivity contribution in [2.45, 2.75) is 6.10 Å². The highest BCUT2D eigenvalue weighted by Gasteiger charge is 2.11. The number of likely N-dealkylation sites (N-methyl/N-ethyl adjacent to an activating group) is 1. The molecule has 3 nitrogen and oxygen atoms in total. The van der Waals surface area contributed by atoms with Crippen LogP contribution in [0, 0.1) is 0 Å². The Labute approximate surface area is 93.1 Å². The van der Waals surface area contributed by atoms with Crippen molar-refractivity contribution >= 4 is 22.5 Å². The van der Waals surface area contributed by atoms with E-state index in [0.29, 0.717) is 11.6 Å². The summed E-state index contributed by atoms with van der Waals surface area (Å²) in [6.45, 7) is 0.537. The molecule has 0 spiro atoms. The van der Waals surface area contributed by atoms with Crippen molar-refractivity contribution in [3.8, 4) is 0 Å². The topological polar surface area (TPSA) is 48.0 Å². The predicted molar refractivity (Wildman–Crippen MR) is 62.2 cm³/mol. The number of halogens is 1. The zero-order valence-corrected chi connectivity index (χ0v) is 9.17. The van der Waals surface area contributed by atoms with Gasteiger partial charge in [-0.3, -0.25) is 0 Å². The molecule has 1 aromatic carbocycles. The van der Waals surface area contributed by atoms with Crippen LogP contribution in [0.15, 0.2) is 24.4 Å². The zero-order chi connectivity index (χ0) is 10.8. The summed E-state index contributed by atoms with van der Waals surface area (Å²) in [5.74, 6) is 0. The van der Waals surface area contributed by atoms with Gasteiger partial charge in [-0.05, 0) is 19.2 Å². The first-order valence-electron chi connectivity index (χ1n) is 4.81. The summed E-state index contributed by atoms with van der Waals surface area (Å²) in [4.78, 5) is 3.10. The van der Waals surface area contributed by atoms with Gasteiger partial charge in [-0.25, -0.2) is 0 Å². The van der Waals surface area contributed by atoms with Gasteiger partial charge >= 0.3 is 0 Å². The largest absolute Gasteiger partial charge is 0.387 e. The Balaban J connectivity index is 2.44. The Hall–Kier alpha value is -1.03. The summed E-state index contributed by atoms with van der Waals surface area (Å²) in [6, 6.07) is 5.60. The molecule has 0 aliphatic carbocycles. The van der Waals surface area contributed by atoms with E-state index in [-0.39, 0.29) is 0 Å². The van der Waals surface area contributed by atoms with Crippen LogP contribution in [0.4, 0.5) is 0 Å². The maximum absolute atomic E-state index is 9.86. The standard InChI is InChI=1S/C11H13ClN2O/c1-13-6-11(15)9-5-14-10-4-7(12)2-3-8(9)10/h2-5,11,13-15H,6H2,1H3. The summed E-state index contributed by atoms with van der Waals surface area (Å²) in [6.07, 6.45) is 1.33. The number of hydrogen-bond acceptors (Lipinski definition) is 2. The summed E-state index contributed by atoms with van der Waals surface area (Å²) in [7, 11) is 1.81. The Morgan fingerprint density at radius 1 is 1.53 bits per heavy atom. The highest BCUT2D eigenvalue weighted by Crippen LogP contribution is 2.26. The van der Waals surface area contributed by atoms with Gasteiger partial charge in [0.05, 0.1) is 6.10 Å². The van der Waals surface area contributed by atoms with Crippen LogP contribution in [-0.4, -0.2) is 23.7 Å². The van der Waals surface area contributed by atoms with E-state index < -0.39 is 6.10 Å². The SMILES string of the molecule is CNCC(O)c1c[nH]c2cc(Cl)ccc12. The van der Waals surface area contributed by atoms with Crippen LogP contribution in [0.1, 0.15) is 11.7 Å². The van der Waals surface area contributed by atoms with Crippen molar-refractivity contribution in [1.82, 2.24) is 10.3 Å². The molecule has 1 aromatic heterocycles. The van der Waals surface area contributed by atoms with Crippen LogP contribution in [0.3, 0.4) is 0 Å². The number of H-pyrrole nitrogens is 1. The first kappa shape index (κ1) is 10.5. The third-order valence-electron chi connectivity index (χ3n) is 2.43. The maximum atomic E-state index is 9.86. The number of aromatic amines is 1. The number of benzene rings is 1. The molecule has 0 aliphatic rings. The fourth-order valence-electron chi connectivity index (χ4n) is 1.70. The van der Waals surface area contributed by atoms with E-state index in [2.05, 4.69) is 10.3 Å².